The van der Waals surface area contributed by atoms with Crippen LogP contribution in [0.3, 0.4) is 0 Å². The van der Waals surface area contributed by atoms with Gasteiger partial charge in [-0.15, -0.1) is 0 Å². The van der Waals surface area contributed by atoms with Gasteiger partial charge in [0, 0.05) is 39.5 Å². The number of hydrogen-bond acceptors (Lipinski definition) is 5. The maximum Gasteiger partial charge on any atom is 0.267 e. The van der Waals surface area contributed by atoms with Gasteiger partial charge >= 0.3 is 0 Å². The zero-order valence-electron chi connectivity index (χ0n) is 21.2. The first-order valence-electron chi connectivity index (χ1n) is 12.2. The Bertz CT molecular complexity index is 1720. The molecule has 0 spiro atoms. The molecular formula is C32H24ClNO5. The molecule has 0 aliphatic heterocycles. The van der Waals surface area contributed by atoms with Gasteiger partial charge < -0.3 is 14.5 Å². The number of hydrogen-bond donors (Lipinski definition) is 1. The highest BCUT2D eigenvalue weighted by Gasteiger charge is 2.30. The van der Waals surface area contributed by atoms with E-state index in [1.807, 2.05) is 30.3 Å². The van der Waals surface area contributed by atoms with E-state index < -0.39 is 11.5 Å². The van der Waals surface area contributed by atoms with Crippen LogP contribution in [0.2, 0.25) is 5.02 Å². The molecule has 1 N–H and O–H groups in total. The van der Waals surface area contributed by atoms with Crippen molar-refractivity contribution in [3.8, 4) is 17.1 Å². The van der Waals surface area contributed by atoms with Crippen molar-refractivity contribution in [2.45, 2.75) is 19.4 Å². The number of nitrogens with one attached hydrogen (secondary N) is 1. The summed E-state index contributed by atoms with van der Waals surface area (Å²) in [4.78, 5) is 38.5. The third kappa shape index (κ3) is 5.76. The second-order valence-electron chi connectivity index (χ2n) is 9.48. The Balaban J connectivity index is 1.30. The molecule has 0 bridgehead atoms. The Morgan fingerprint density at radius 3 is 2.13 bits per heavy atom. The number of ketones is 1. The molecule has 0 fully saturated rings. The van der Waals surface area contributed by atoms with Crippen LogP contribution < -0.4 is 15.5 Å². The average molecular weight is 538 g/mol. The van der Waals surface area contributed by atoms with Crippen LogP contribution in [0, 0.1) is 0 Å². The fourth-order valence-electron chi connectivity index (χ4n) is 4.04. The van der Waals surface area contributed by atoms with E-state index in [1.54, 1.807) is 80.6 Å². The molecule has 5 rings (SSSR count). The Morgan fingerprint density at radius 2 is 1.46 bits per heavy atom. The minimum absolute atomic E-state index is 0.145. The van der Waals surface area contributed by atoms with E-state index in [1.165, 1.54) is 6.07 Å². The lowest BCUT2D eigenvalue weighted by Crippen LogP contribution is -2.42. The largest absolute Gasteiger partial charge is 0.478 e. The van der Waals surface area contributed by atoms with Crippen molar-refractivity contribution < 1.29 is 18.7 Å². The minimum Gasteiger partial charge on any atom is -0.478 e. The Labute approximate surface area is 229 Å². The molecule has 5 aromatic rings. The Morgan fingerprint density at radius 1 is 0.821 bits per heavy atom. The second kappa shape index (κ2) is 10.6. The van der Waals surface area contributed by atoms with Crippen LogP contribution in [0.4, 0.5) is 5.69 Å². The molecule has 0 aliphatic carbocycles. The molecule has 6 nitrogen and oxygen atoms in total. The second-order valence-corrected chi connectivity index (χ2v) is 9.92. The lowest BCUT2D eigenvalue weighted by atomic mass is 10.0. The number of anilines is 1. The van der Waals surface area contributed by atoms with Gasteiger partial charge in [0.25, 0.3) is 5.91 Å². The van der Waals surface area contributed by atoms with Gasteiger partial charge in [-0.05, 0) is 74.5 Å². The van der Waals surface area contributed by atoms with Crippen molar-refractivity contribution >= 4 is 39.9 Å². The summed E-state index contributed by atoms with van der Waals surface area (Å²) in [6.45, 7) is 3.29. The lowest BCUT2D eigenvalue weighted by Gasteiger charge is -2.25. The monoisotopic (exact) mass is 537 g/mol. The predicted molar refractivity (Wildman–Crippen MR) is 153 cm³/mol. The highest BCUT2D eigenvalue weighted by atomic mass is 35.5. The summed E-state index contributed by atoms with van der Waals surface area (Å²) in [6, 6.07) is 28.9. The summed E-state index contributed by atoms with van der Waals surface area (Å²) in [7, 11) is 0. The summed E-state index contributed by atoms with van der Waals surface area (Å²) in [5.74, 6) is 0.330. The van der Waals surface area contributed by atoms with Crippen LogP contribution in [0.1, 0.15) is 29.8 Å². The standard InChI is InChI=1S/C32H24ClNO5/c1-32(2,39-25-15-10-22(11-16-25)30(36)21-8-12-23(33)13-9-21)31(37)34-24-14-17-26-27(35)19-28(38-29(26)18-24)20-6-4-3-5-7-20/h3-19H,1-2H3,(H,34,37). The van der Waals surface area contributed by atoms with Crippen molar-refractivity contribution in [3.63, 3.8) is 0 Å². The Kier molecular flexibility index (Phi) is 7.05. The van der Waals surface area contributed by atoms with Crippen molar-refractivity contribution in [1.82, 2.24) is 0 Å². The first kappa shape index (κ1) is 25.9. The van der Waals surface area contributed by atoms with Crippen molar-refractivity contribution in [3.05, 3.63) is 130 Å². The molecule has 194 valence electrons. The van der Waals surface area contributed by atoms with Crippen LogP contribution in [-0.4, -0.2) is 17.3 Å². The molecule has 1 amide bonds. The number of halogens is 1. The van der Waals surface area contributed by atoms with E-state index in [0.29, 0.717) is 44.3 Å². The number of carbonyl (C=O) groups excluding carboxylic acids is 2. The minimum atomic E-state index is -1.25. The van der Waals surface area contributed by atoms with Crippen LogP contribution >= 0.6 is 11.6 Å². The highest BCUT2D eigenvalue weighted by Crippen LogP contribution is 2.26. The third-order valence-electron chi connectivity index (χ3n) is 6.19. The summed E-state index contributed by atoms with van der Waals surface area (Å²) >= 11 is 5.90. The maximum atomic E-state index is 13.1. The molecule has 4 aromatic carbocycles. The van der Waals surface area contributed by atoms with Crippen LogP contribution in [-0.2, 0) is 4.79 Å². The lowest BCUT2D eigenvalue weighted by molar-refractivity contribution is -0.128. The fourth-order valence-corrected chi connectivity index (χ4v) is 4.17. The summed E-state index contributed by atoms with van der Waals surface area (Å²) < 4.78 is 11.9. The molecule has 0 unspecified atom stereocenters. The maximum absolute atomic E-state index is 13.1. The van der Waals surface area contributed by atoms with Gasteiger partial charge in [0.15, 0.2) is 16.8 Å². The zero-order chi connectivity index (χ0) is 27.6. The molecule has 0 atom stereocenters. The number of amides is 1. The Hall–Kier alpha value is -4.68. The first-order chi connectivity index (χ1) is 18.7. The first-order valence-corrected chi connectivity index (χ1v) is 12.6. The quantitative estimate of drug-likeness (QED) is 0.223. The van der Waals surface area contributed by atoms with Gasteiger partial charge in [-0.3, -0.25) is 14.4 Å². The molecular weight excluding hydrogens is 514 g/mol. The third-order valence-corrected chi connectivity index (χ3v) is 6.44. The van der Waals surface area contributed by atoms with E-state index in [9.17, 15) is 14.4 Å². The van der Waals surface area contributed by atoms with E-state index in [0.717, 1.165) is 5.56 Å². The highest BCUT2D eigenvalue weighted by molar-refractivity contribution is 6.30. The normalized spacial score (nSPS) is 11.3. The van der Waals surface area contributed by atoms with Crippen LogP contribution in [0.15, 0.2) is 112 Å². The molecule has 7 heteroatoms. The molecule has 0 saturated heterocycles. The number of carbonyl (C=O) groups is 2. The van der Waals surface area contributed by atoms with Crippen molar-refractivity contribution in [2.75, 3.05) is 5.32 Å². The van der Waals surface area contributed by atoms with Gasteiger partial charge in [0.2, 0.25) is 0 Å². The van der Waals surface area contributed by atoms with E-state index >= 15 is 0 Å². The van der Waals surface area contributed by atoms with Gasteiger partial charge in [-0.25, -0.2) is 0 Å². The van der Waals surface area contributed by atoms with Crippen molar-refractivity contribution in [2.24, 2.45) is 0 Å². The topological polar surface area (TPSA) is 85.6 Å². The number of benzene rings is 4. The number of rotatable bonds is 7. The van der Waals surface area contributed by atoms with Gasteiger partial charge in [0.1, 0.15) is 17.1 Å². The van der Waals surface area contributed by atoms with Gasteiger partial charge in [-0.2, -0.15) is 0 Å². The van der Waals surface area contributed by atoms with Crippen LogP contribution in [0.25, 0.3) is 22.3 Å². The molecule has 0 radical (unpaired) electrons. The van der Waals surface area contributed by atoms with Crippen LogP contribution in [0.5, 0.6) is 5.75 Å². The fraction of sp³-hybridized carbons (Fsp3) is 0.0938. The number of fused-ring (bicyclic) bond motifs is 1. The smallest absolute Gasteiger partial charge is 0.267 e. The van der Waals surface area contributed by atoms with Gasteiger partial charge in [-0.1, -0.05) is 41.9 Å². The molecule has 0 aliphatic rings. The molecule has 0 saturated carbocycles. The molecule has 1 aromatic heterocycles. The number of ether oxygens (including phenoxy) is 1. The summed E-state index contributed by atoms with van der Waals surface area (Å²) in [6.07, 6.45) is 0. The van der Waals surface area contributed by atoms with E-state index in [-0.39, 0.29) is 11.2 Å². The predicted octanol–water partition coefficient (Wildman–Crippen LogP) is 7.14. The summed E-state index contributed by atoms with van der Waals surface area (Å²) in [5, 5.41) is 3.81. The SMILES string of the molecule is CC(C)(Oc1ccc(C(=O)c2ccc(Cl)cc2)cc1)C(=O)Nc1ccc2c(=O)cc(-c3ccccc3)oc2c1. The van der Waals surface area contributed by atoms with E-state index in [4.69, 9.17) is 20.8 Å². The zero-order valence-corrected chi connectivity index (χ0v) is 22.0. The average Bonchev–Trinajstić information content (AvgIpc) is 2.93. The van der Waals surface area contributed by atoms with E-state index in [2.05, 4.69) is 5.32 Å². The molecule has 1 heterocycles. The summed E-state index contributed by atoms with van der Waals surface area (Å²) in [5.41, 5.74) is 1.19. The van der Waals surface area contributed by atoms with Crippen molar-refractivity contribution in [1.29, 1.82) is 0 Å². The van der Waals surface area contributed by atoms with Gasteiger partial charge in [0.05, 0.1) is 5.39 Å². The molecule has 39 heavy (non-hydrogen) atoms.